The lowest BCUT2D eigenvalue weighted by molar-refractivity contribution is -0.118. The van der Waals surface area contributed by atoms with Crippen LogP contribution in [0.5, 0.6) is 0 Å². The first-order valence-corrected chi connectivity index (χ1v) is 14.7. The maximum Gasteiger partial charge on any atom is 0.337 e. The molecular weight excluding hydrogens is 614 g/mol. The van der Waals surface area contributed by atoms with E-state index in [1.165, 1.54) is 43.5 Å². The molecule has 4 aromatic rings. The summed E-state index contributed by atoms with van der Waals surface area (Å²) in [5.41, 5.74) is 7.01. The first-order valence-electron chi connectivity index (χ1n) is 12.7. The lowest BCUT2D eigenvalue weighted by atomic mass is 9.95. The Labute approximate surface area is 258 Å². The normalized spacial score (nSPS) is 10.5. The number of primary sulfonamides is 1. The van der Waals surface area contributed by atoms with Crippen LogP contribution in [-0.2, 0) is 14.8 Å². The Morgan fingerprint density at radius 2 is 1.34 bits per heavy atom. The van der Waals surface area contributed by atoms with Crippen LogP contribution in [0.3, 0.4) is 0 Å². The molecule has 0 aliphatic carbocycles. The Bertz CT molecular complexity index is 1730. The first kappa shape index (κ1) is 35.2. The number of nitrogens with two attached hydrogens (primary N) is 2. The molecule has 7 N–H and O–H groups in total. The Kier molecular flexibility index (Phi) is 12.4. The predicted molar refractivity (Wildman–Crippen MR) is 164 cm³/mol. The number of halogens is 1. The Balaban J connectivity index is 0.000000261. The molecule has 44 heavy (non-hydrogen) atoms. The van der Waals surface area contributed by atoms with E-state index in [1.807, 2.05) is 6.92 Å². The van der Waals surface area contributed by atoms with Gasteiger partial charge in [0.05, 0.1) is 21.6 Å². The van der Waals surface area contributed by atoms with Crippen LogP contribution in [0, 0.1) is 6.92 Å². The van der Waals surface area contributed by atoms with Crippen molar-refractivity contribution in [1.29, 1.82) is 0 Å². The van der Waals surface area contributed by atoms with Gasteiger partial charge in [0.1, 0.15) is 0 Å². The highest BCUT2D eigenvalue weighted by atomic mass is 35.5. The summed E-state index contributed by atoms with van der Waals surface area (Å²) in [5, 5.41) is 32.7. The summed E-state index contributed by atoms with van der Waals surface area (Å²) in [5.74, 6) is -3.53. The van der Waals surface area contributed by atoms with Crippen molar-refractivity contribution >= 4 is 45.4 Å². The molecule has 0 bridgehead atoms. The number of carbonyl (C=O) groups excluding carboxylic acids is 1. The number of aromatic carboxylic acids is 3. The smallest absolute Gasteiger partial charge is 0.337 e. The van der Waals surface area contributed by atoms with Crippen LogP contribution in [0.15, 0.2) is 84.0 Å². The third kappa shape index (κ3) is 10.1. The molecule has 0 fully saturated rings. The Hall–Kier alpha value is -4.98. The summed E-state index contributed by atoms with van der Waals surface area (Å²) in [6.07, 6.45) is 4.39. The van der Waals surface area contributed by atoms with Gasteiger partial charge in [0.2, 0.25) is 15.9 Å². The maximum atomic E-state index is 11.2. The van der Waals surface area contributed by atoms with Crippen LogP contribution in [0.2, 0.25) is 5.02 Å². The molecule has 14 heteroatoms. The fraction of sp³-hybridized carbons (Fsp3) is 0.133. The number of aromatic nitrogens is 1. The number of carbonyl (C=O) groups is 4. The second kappa shape index (κ2) is 15.5. The number of amides is 1. The fourth-order valence-electron chi connectivity index (χ4n) is 3.71. The first-order chi connectivity index (χ1) is 20.5. The van der Waals surface area contributed by atoms with E-state index in [0.29, 0.717) is 28.3 Å². The van der Waals surface area contributed by atoms with Crippen LogP contribution in [0.25, 0.3) is 16.8 Å². The van der Waals surface area contributed by atoms with E-state index >= 15 is 0 Å². The minimum atomic E-state index is -3.71. The van der Waals surface area contributed by atoms with Crippen molar-refractivity contribution in [3.05, 3.63) is 106 Å². The predicted octanol–water partition coefficient (Wildman–Crippen LogP) is 4.81. The Morgan fingerprint density at radius 1 is 0.818 bits per heavy atom. The standard InChI is InChI=1S/C15H11ClO4.C11H10N2O4S.C4H9NO/c1-8-12(14(17)18)6-10(7-13(8)15(19)20)9-2-4-11(16)5-3-9;12-18(16,17)10-3-1-9(2-4-10)13-6-5-8(7-13)11(14)15;1-2-3-4(5)6/h2-7H,1H3,(H,17,18)(H,19,20);1-7H,(H,14,15)(H2,12,16,17);2-3H2,1H3,(H2,5,6). The van der Waals surface area contributed by atoms with Crippen LogP contribution in [0.4, 0.5) is 0 Å². The highest BCUT2D eigenvalue weighted by molar-refractivity contribution is 7.89. The zero-order valence-electron chi connectivity index (χ0n) is 23.6. The molecule has 4 rings (SSSR count). The second-order valence-electron chi connectivity index (χ2n) is 9.18. The van der Waals surface area contributed by atoms with Crippen molar-refractivity contribution in [2.75, 3.05) is 0 Å². The maximum absolute atomic E-state index is 11.2. The van der Waals surface area contributed by atoms with Crippen molar-refractivity contribution in [2.45, 2.75) is 31.6 Å². The van der Waals surface area contributed by atoms with Crippen LogP contribution in [0.1, 0.15) is 56.4 Å². The van der Waals surface area contributed by atoms with Gasteiger partial charge in [-0.25, -0.2) is 27.9 Å². The molecule has 12 nitrogen and oxygen atoms in total. The number of primary amides is 1. The van der Waals surface area contributed by atoms with E-state index in [0.717, 1.165) is 6.42 Å². The van der Waals surface area contributed by atoms with Gasteiger partial charge in [-0.2, -0.15) is 0 Å². The molecule has 0 atom stereocenters. The summed E-state index contributed by atoms with van der Waals surface area (Å²) in [4.78, 5) is 43.0. The van der Waals surface area contributed by atoms with Crippen LogP contribution in [-0.4, -0.2) is 52.1 Å². The van der Waals surface area contributed by atoms with Gasteiger partial charge in [-0.05, 0) is 84.6 Å². The van der Waals surface area contributed by atoms with Gasteiger partial charge in [0, 0.05) is 29.5 Å². The van der Waals surface area contributed by atoms with E-state index in [1.54, 1.807) is 47.2 Å². The van der Waals surface area contributed by atoms with E-state index < -0.39 is 27.9 Å². The molecule has 0 unspecified atom stereocenters. The number of hydrogen-bond acceptors (Lipinski definition) is 6. The summed E-state index contributed by atoms with van der Waals surface area (Å²) in [6.45, 7) is 3.41. The van der Waals surface area contributed by atoms with E-state index in [-0.39, 0.29) is 33.1 Å². The zero-order chi connectivity index (χ0) is 33.2. The topological polar surface area (TPSA) is 220 Å². The van der Waals surface area contributed by atoms with Crippen LogP contribution < -0.4 is 10.9 Å². The number of benzene rings is 3. The lowest BCUT2D eigenvalue weighted by Crippen LogP contribution is -2.11. The van der Waals surface area contributed by atoms with Crippen molar-refractivity contribution in [2.24, 2.45) is 10.9 Å². The van der Waals surface area contributed by atoms with Gasteiger partial charge in [-0.3, -0.25) is 4.79 Å². The molecule has 0 saturated carbocycles. The lowest BCUT2D eigenvalue weighted by Gasteiger charge is -2.10. The largest absolute Gasteiger partial charge is 0.478 e. The third-order valence-corrected chi connectivity index (χ3v) is 7.13. The summed E-state index contributed by atoms with van der Waals surface area (Å²) in [7, 11) is -3.71. The SMILES string of the molecule is CCCC(N)=O.Cc1c(C(=O)O)cc(-c2ccc(Cl)cc2)cc1C(=O)O.NS(=O)(=O)c1ccc(-n2ccc(C(=O)O)c2)cc1. The zero-order valence-corrected chi connectivity index (χ0v) is 25.2. The average Bonchev–Trinajstić information content (AvgIpc) is 3.45. The summed E-state index contributed by atoms with van der Waals surface area (Å²) >= 11 is 5.80. The molecule has 0 aliphatic heterocycles. The molecule has 0 spiro atoms. The highest BCUT2D eigenvalue weighted by Crippen LogP contribution is 2.27. The monoisotopic (exact) mass is 643 g/mol. The van der Waals surface area contributed by atoms with Crippen molar-refractivity contribution in [3.8, 4) is 16.8 Å². The molecular formula is C30H30ClN3O9S. The van der Waals surface area contributed by atoms with Gasteiger partial charge >= 0.3 is 17.9 Å². The van der Waals surface area contributed by atoms with E-state index in [4.69, 9.17) is 27.6 Å². The fourth-order valence-corrected chi connectivity index (χ4v) is 4.35. The van der Waals surface area contributed by atoms with E-state index in [2.05, 4.69) is 0 Å². The number of carboxylic acids is 3. The molecule has 1 aromatic heterocycles. The number of rotatable bonds is 8. The number of nitrogens with zero attached hydrogens (tertiary/aromatic N) is 1. The van der Waals surface area contributed by atoms with Gasteiger partial charge < -0.3 is 25.6 Å². The van der Waals surface area contributed by atoms with E-state index in [9.17, 15) is 37.8 Å². The highest BCUT2D eigenvalue weighted by Gasteiger charge is 2.17. The average molecular weight is 644 g/mol. The summed E-state index contributed by atoms with van der Waals surface area (Å²) in [6, 6.07) is 17.0. The molecule has 232 valence electrons. The third-order valence-electron chi connectivity index (χ3n) is 5.95. The van der Waals surface area contributed by atoms with Crippen LogP contribution >= 0.6 is 11.6 Å². The van der Waals surface area contributed by atoms with Gasteiger partial charge in [0.15, 0.2) is 0 Å². The number of carboxylic acid groups (broad SMARTS) is 3. The molecule has 3 aromatic carbocycles. The Morgan fingerprint density at radius 3 is 1.70 bits per heavy atom. The quantitative estimate of drug-likeness (QED) is 0.177. The van der Waals surface area contributed by atoms with Crippen molar-refractivity contribution in [3.63, 3.8) is 0 Å². The molecule has 0 aliphatic rings. The van der Waals surface area contributed by atoms with Crippen molar-refractivity contribution < 1.29 is 42.9 Å². The number of sulfonamides is 1. The molecule has 1 heterocycles. The number of hydrogen-bond donors (Lipinski definition) is 5. The molecule has 0 radical (unpaired) electrons. The van der Waals surface area contributed by atoms with Gasteiger partial charge in [-0.15, -0.1) is 0 Å². The van der Waals surface area contributed by atoms with Gasteiger partial charge in [0.25, 0.3) is 0 Å². The molecule has 1 amide bonds. The van der Waals surface area contributed by atoms with Crippen molar-refractivity contribution in [1.82, 2.24) is 4.57 Å². The van der Waals surface area contributed by atoms with Gasteiger partial charge in [-0.1, -0.05) is 30.7 Å². The minimum absolute atomic E-state index is 0.0110. The summed E-state index contributed by atoms with van der Waals surface area (Å²) < 4.78 is 23.7. The molecule has 0 saturated heterocycles. The minimum Gasteiger partial charge on any atom is -0.478 e. The second-order valence-corrected chi connectivity index (χ2v) is 11.2.